The maximum Gasteiger partial charge on any atom is 0.255 e. The van der Waals surface area contributed by atoms with E-state index < -0.39 is 0 Å². The number of anilines is 1. The van der Waals surface area contributed by atoms with Crippen molar-refractivity contribution in [1.82, 2.24) is 9.88 Å². The number of hydrogen-bond donors (Lipinski definition) is 0. The van der Waals surface area contributed by atoms with Crippen molar-refractivity contribution >= 4 is 17.5 Å². The third kappa shape index (κ3) is 5.53. The summed E-state index contributed by atoms with van der Waals surface area (Å²) >= 11 is 0. The highest BCUT2D eigenvalue weighted by Gasteiger charge is 2.29. The third-order valence-electron chi connectivity index (χ3n) is 4.79. The van der Waals surface area contributed by atoms with E-state index in [1.165, 1.54) is 0 Å². The van der Waals surface area contributed by atoms with Crippen molar-refractivity contribution in [2.75, 3.05) is 45.3 Å². The number of likely N-dealkylation sites (N-methyl/N-ethyl adjacent to an activating group) is 1. The van der Waals surface area contributed by atoms with Gasteiger partial charge in [-0.15, -0.1) is 0 Å². The van der Waals surface area contributed by atoms with Crippen molar-refractivity contribution in [3.05, 3.63) is 23.9 Å². The molecule has 0 bridgehead atoms. The first kappa shape index (κ1) is 20.4. The molecule has 1 aromatic rings. The van der Waals surface area contributed by atoms with Gasteiger partial charge in [0.1, 0.15) is 11.6 Å². The molecule has 1 atom stereocenters. The maximum absolute atomic E-state index is 12.8. The quantitative estimate of drug-likeness (QED) is 0.712. The van der Waals surface area contributed by atoms with Crippen molar-refractivity contribution in [2.45, 2.75) is 33.1 Å². The number of Topliss-reactive ketones (excluding diaryl/α,β-unsaturated/α-hetero) is 1. The zero-order valence-corrected chi connectivity index (χ0v) is 16.4. The van der Waals surface area contributed by atoms with Crippen molar-refractivity contribution < 1.29 is 14.3 Å². The number of likely N-dealkylation sites (tertiary alicyclic amines) is 1. The molecule has 0 aliphatic carbocycles. The first-order chi connectivity index (χ1) is 12.4. The molecule has 2 rings (SSSR count). The average molecular weight is 361 g/mol. The minimum absolute atomic E-state index is 0.0255. The van der Waals surface area contributed by atoms with E-state index >= 15 is 0 Å². The van der Waals surface area contributed by atoms with Crippen LogP contribution in [0.25, 0.3) is 0 Å². The Labute approximate surface area is 156 Å². The van der Waals surface area contributed by atoms with E-state index in [9.17, 15) is 9.59 Å². The van der Waals surface area contributed by atoms with E-state index in [0.717, 1.165) is 25.2 Å². The van der Waals surface area contributed by atoms with Crippen molar-refractivity contribution in [3.8, 4) is 0 Å². The Balaban J connectivity index is 1.98. The van der Waals surface area contributed by atoms with Gasteiger partial charge >= 0.3 is 0 Å². The summed E-state index contributed by atoms with van der Waals surface area (Å²) in [7, 11) is 3.61. The van der Waals surface area contributed by atoms with Gasteiger partial charge in [-0.3, -0.25) is 9.59 Å². The number of aromatic nitrogens is 1. The molecular formula is C20H31N3O3. The van der Waals surface area contributed by atoms with Gasteiger partial charge < -0.3 is 14.5 Å². The van der Waals surface area contributed by atoms with Crippen molar-refractivity contribution in [3.63, 3.8) is 0 Å². The summed E-state index contributed by atoms with van der Waals surface area (Å²) < 4.78 is 5.07. The molecule has 0 spiro atoms. The molecule has 6 heteroatoms. The van der Waals surface area contributed by atoms with Crippen LogP contribution in [0.3, 0.4) is 0 Å². The average Bonchev–Trinajstić information content (AvgIpc) is 2.65. The number of ether oxygens (including phenoxy) is 1. The van der Waals surface area contributed by atoms with E-state index in [2.05, 4.69) is 18.8 Å². The molecule has 1 aromatic heterocycles. The van der Waals surface area contributed by atoms with Gasteiger partial charge in [-0.05, 0) is 30.9 Å². The Bertz CT molecular complexity index is 601. The van der Waals surface area contributed by atoms with Gasteiger partial charge in [0.15, 0.2) is 0 Å². The van der Waals surface area contributed by atoms with Crippen LogP contribution in [0.15, 0.2) is 18.3 Å². The van der Waals surface area contributed by atoms with Gasteiger partial charge in [-0.25, -0.2) is 4.98 Å². The number of carbonyl (C=O) groups is 2. The summed E-state index contributed by atoms with van der Waals surface area (Å²) in [5, 5.41) is 0. The molecule has 0 N–H and O–H groups in total. The van der Waals surface area contributed by atoms with E-state index in [0.29, 0.717) is 37.6 Å². The first-order valence-corrected chi connectivity index (χ1v) is 9.40. The maximum atomic E-state index is 12.8. The predicted molar refractivity (Wildman–Crippen MR) is 102 cm³/mol. The second-order valence-corrected chi connectivity index (χ2v) is 7.47. The molecule has 6 nitrogen and oxygen atoms in total. The standard InChI is InChI=1S/C20H31N3O3/c1-15(2)12-18(24)17-6-5-9-23(14-17)20(25)16-7-8-19(21-13-16)22(3)10-11-26-4/h7-8,13,15,17H,5-6,9-12,14H2,1-4H3/t17-/m0/s1. The fourth-order valence-electron chi connectivity index (χ4n) is 3.26. The molecule has 1 aliphatic rings. The molecule has 1 saturated heterocycles. The first-order valence-electron chi connectivity index (χ1n) is 9.40. The molecule has 1 aliphatic heterocycles. The third-order valence-corrected chi connectivity index (χ3v) is 4.79. The lowest BCUT2D eigenvalue weighted by Gasteiger charge is -2.32. The largest absolute Gasteiger partial charge is 0.383 e. The van der Waals surface area contributed by atoms with Crippen LogP contribution in [-0.2, 0) is 9.53 Å². The van der Waals surface area contributed by atoms with Gasteiger partial charge in [-0.2, -0.15) is 0 Å². The molecule has 1 amide bonds. The van der Waals surface area contributed by atoms with Crippen molar-refractivity contribution in [1.29, 1.82) is 0 Å². The summed E-state index contributed by atoms with van der Waals surface area (Å²) in [5.74, 6) is 1.39. The van der Waals surface area contributed by atoms with Crippen LogP contribution in [0, 0.1) is 11.8 Å². The fraction of sp³-hybridized carbons (Fsp3) is 0.650. The lowest BCUT2D eigenvalue weighted by atomic mass is 9.89. The molecule has 0 unspecified atom stereocenters. The summed E-state index contributed by atoms with van der Waals surface area (Å²) in [6.07, 6.45) is 3.99. The Morgan fingerprint density at radius 3 is 2.77 bits per heavy atom. The number of hydrogen-bond acceptors (Lipinski definition) is 5. The number of amides is 1. The highest BCUT2D eigenvalue weighted by atomic mass is 16.5. The van der Waals surface area contributed by atoms with Crippen molar-refractivity contribution in [2.24, 2.45) is 11.8 Å². The Morgan fingerprint density at radius 2 is 2.15 bits per heavy atom. The molecular weight excluding hydrogens is 330 g/mol. The van der Waals surface area contributed by atoms with Gasteiger partial charge in [0.05, 0.1) is 12.2 Å². The number of carbonyl (C=O) groups excluding carboxylic acids is 2. The monoisotopic (exact) mass is 361 g/mol. The molecule has 2 heterocycles. The number of pyridine rings is 1. The van der Waals surface area contributed by atoms with E-state index in [1.54, 1.807) is 18.2 Å². The van der Waals surface area contributed by atoms with E-state index in [-0.39, 0.29) is 17.6 Å². The van der Waals surface area contributed by atoms with Gasteiger partial charge in [0, 0.05) is 52.3 Å². The van der Waals surface area contributed by atoms with E-state index in [1.807, 2.05) is 24.1 Å². The number of methoxy groups -OCH3 is 1. The number of nitrogens with zero attached hydrogens (tertiary/aromatic N) is 3. The van der Waals surface area contributed by atoms with Crippen LogP contribution >= 0.6 is 0 Å². The molecule has 0 saturated carbocycles. The van der Waals surface area contributed by atoms with Gasteiger partial charge in [-0.1, -0.05) is 13.8 Å². The van der Waals surface area contributed by atoms with Crippen LogP contribution in [0.4, 0.5) is 5.82 Å². The normalized spacial score (nSPS) is 17.4. The topological polar surface area (TPSA) is 62.7 Å². The number of rotatable bonds is 8. The zero-order chi connectivity index (χ0) is 19.1. The molecule has 1 fully saturated rings. The van der Waals surface area contributed by atoms with Crippen LogP contribution in [0.1, 0.15) is 43.5 Å². The number of ketones is 1. The SMILES string of the molecule is COCCN(C)c1ccc(C(=O)N2CCC[C@H](C(=O)CC(C)C)C2)cn1. The van der Waals surface area contributed by atoms with Crippen LogP contribution in [0.2, 0.25) is 0 Å². The summed E-state index contributed by atoms with van der Waals surface area (Å²) in [6, 6.07) is 3.67. The Hall–Kier alpha value is -1.95. The van der Waals surface area contributed by atoms with E-state index in [4.69, 9.17) is 4.74 Å². The Kier molecular flexibility index (Phi) is 7.57. The minimum atomic E-state index is -0.0364. The van der Waals surface area contributed by atoms with Crippen LogP contribution in [0.5, 0.6) is 0 Å². The fourth-order valence-corrected chi connectivity index (χ4v) is 3.26. The minimum Gasteiger partial charge on any atom is -0.383 e. The highest BCUT2D eigenvalue weighted by molar-refractivity contribution is 5.94. The van der Waals surface area contributed by atoms with Gasteiger partial charge in [0.2, 0.25) is 0 Å². The smallest absolute Gasteiger partial charge is 0.255 e. The Morgan fingerprint density at radius 1 is 1.38 bits per heavy atom. The molecule has 144 valence electrons. The second kappa shape index (κ2) is 9.67. The summed E-state index contributed by atoms with van der Waals surface area (Å²) in [5.41, 5.74) is 0.575. The lowest BCUT2D eigenvalue weighted by molar-refractivity contribution is -0.124. The van der Waals surface area contributed by atoms with Crippen LogP contribution < -0.4 is 4.90 Å². The summed E-state index contributed by atoms with van der Waals surface area (Å²) in [6.45, 7) is 6.71. The molecule has 0 aromatic carbocycles. The summed E-state index contributed by atoms with van der Waals surface area (Å²) in [4.78, 5) is 33.3. The second-order valence-electron chi connectivity index (χ2n) is 7.47. The number of piperidine rings is 1. The lowest BCUT2D eigenvalue weighted by Crippen LogP contribution is -2.42. The zero-order valence-electron chi connectivity index (χ0n) is 16.4. The highest BCUT2D eigenvalue weighted by Crippen LogP contribution is 2.22. The van der Waals surface area contributed by atoms with Crippen LogP contribution in [-0.4, -0.2) is 62.0 Å². The predicted octanol–water partition coefficient (Wildman–Crippen LogP) is 2.63. The molecule has 0 radical (unpaired) electrons. The molecule has 26 heavy (non-hydrogen) atoms. The van der Waals surface area contributed by atoms with Gasteiger partial charge in [0.25, 0.3) is 5.91 Å².